The van der Waals surface area contributed by atoms with Crippen molar-refractivity contribution in [1.29, 1.82) is 0 Å². The van der Waals surface area contributed by atoms with E-state index < -0.39 is 0 Å². The Kier molecular flexibility index (Phi) is 4.78. The van der Waals surface area contributed by atoms with Gasteiger partial charge in [0.2, 0.25) is 0 Å². The highest BCUT2D eigenvalue weighted by atomic mass is 79.9. The summed E-state index contributed by atoms with van der Waals surface area (Å²) in [5, 5.41) is 3.89. The van der Waals surface area contributed by atoms with E-state index in [1.54, 1.807) is 6.07 Å². The quantitative estimate of drug-likeness (QED) is 0.740. The fourth-order valence-electron chi connectivity index (χ4n) is 1.78. The number of ether oxygens (including phenoxy) is 1. The molecule has 0 aliphatic carbocycles. The second-order valence-electron chi connectivity index (χ2n) is 4.71. The van der Waals surface area contributed by atoms with E-state index in [4.69, 9.17) is 22.1 Å². The molecule has 0 aromatic heterocycles. The van der Waals surface area contributed by atoms with Crippen molar-refractivity contribution in [2.45, 2.75) is 20.0 Å². The minimum atomic E-state index is 0.0964. The summed E-state index contributed by atoms with van der Waals surface area (Å²) in [7, 11) is 0. The van der Waals surface area contributed by atoms with E-state index >= 15 is 0 Å². The van der Waals surface area contributed by atoms with Crippen LogP contribution in [0.4, 0.5) is 17.1 Å². The van der Waals surface area contributed by atoms with Crippen LogP contribution in [-0.2, 0) is 0 Å². The summed E-state index contributed by atoms with van der Waals surface area (Å²) < 4.78 is 6.62. The van der Waals surface area contributed by atoms with Gasteiger partial charge in [0.05, 0.1) is 16.8 Å². The van der Waals surface area contributed by atoms with Crippen molar-refractivity contribution >= 4 is 44.6 Å². The highest BCUT2D eigenvalue weighted by Gasteiger charge is 2.05. The van der Waals surface area contributed by atoms with Gasteiger partial charge in [-0.2, -0.15) is 0 Å². The van der Waals surface area contributed by atoms with E-state index in [2.05, 4.69) is 21.2 Å². The maximum atomic E-state index is 6.16. The molecule has 106 valence electrons. The van der Waals surface area contributed by atoms with Crippen LogP contribution < -0.4 is 15.8 Å². The largest absolute Gasteiger partial charge is 0.491 e. The average Bonchev–Trinajstić information content (AvgIpc) is 2.32. The van der Waals surface area contributed by atoms with Gasteiger partial charge in [-0.3, -0.25) is 0 Å². The second-order valence-corrected chi connectivity index (χ2v) is 6.03. The number of benzene rings is 2. The molecule has 3 nitrogen and oxygen atoms in total. The molecule has 0 radical (unpaired) electrons. The fraction of sp³-hybridized carbons (Fsp3) is 0.200. The van der Waals surface area contributed by atoms with Gasteiger partial charge in [-0.1, -0.05) is 27.5 Å². The summed E-state index contributed by atoms with van der Waals surface area (Å²) in [5.74, 6) is 0.730. The van der Waals surface area contributed by atoms with E-state index in [0.717, 1.165) is 21.6 Å². The molecule has 2 rings (SSSR count). The number of nitrogen functional groups attached to an aromatic ring is 1. The Bertz CT molecular complexity index is 617. The molecule has 0 aliphatic heterocycles. The number of anilines is 3. The zero-order chi connectivity index (χ0) is 14.7. The van der Waals surface area contributed by atoms with Crippen LogP contribution in [0.3, 0.4) is 0 Å². The Morgan fingerprint density at radius 1 is 1.20 bits per heavy atom. The highest BCUT2D eigenvalue weighted by Crippen LogP contribution is 2.31. The summed E-state index contributed by atoms with van der Waals surface area (Å²) in [6.45, 7) is 3.95. The van der Waals surface area contributed by atoms with Crippen molar-refractivity contribution in [2.24, 2.45) is 0 Å². The smallest absolute Gasteiger partial charge is 0.123 e. The van der Waals surface area contributed by atoms with Gasteiger partial charge in [-0.25, -0.2) is 0 Å². The number of nitrogens with two attached hydrogens (primary N) is 1. The molecule has 0 saturated heterocycles. The molecule has 0 atom stereocenters. The Hall–Kier alpha value is -1.39. The van der Waals surface area contributed by atoms with Crippen molar-refractivity contribution in [3.63, 3.8) is 0 Å². The lowest BCUT2D eigenvalue weighted by atomic mass is 10.2. The van der Waals surface area contributed by atoms with Crippen molar-refractivity contribution < 1.29 is 4.74 Å². The molecule has 0 bridgehead atoms. The lowest BCUT2D eigenvalue weighted by Crippen LogP contribution is -2.06. The minimum Gasteiger partial charge on any atom is -0.491 e. The fourth-order valence-corrected chi connectivity index (χ4v) is 2.31. The van der Waals surface area contributed by atoms with Crippen molar-refractivity contribution in [3.8, 4) is 5.75 Å². The Balaban J connectivity index is 2.28. The van der Waals surface area contributed by atoms with Crippen LogP contribution in [0.1, 0.15) is 13.8 Å². The van der Waals surface area contributed by atoms with Gasteiger partial charge >= 0.3 is 0 Å². The van der Waals surface area contributed by atoms with Crippen LogP contribution in [0.15, 0.2) is 40.9 Å². The highest BCUT2D eigenvalue weighted by molar-refractivity contribution is 9.10. The second kappa shape index (κ2) is 6.37. The topological polar surface area (TPSA) is 47.3 Å². The Morgan fingerprint density at radius 3 is 2.65 bits per heavy atom. The van der Waals surface area contributed by atoms with Crippen molar-refractivity contribution in [2.75, 3.05) is 11.1 Å². The zero-order valence-corrected chi connectivity index (χ0v) is 13.6. The third-order valence-corrected chi connectivity index (χ3v) is 3.33. The molecule has 0 unspecified atom stereocenters. The van der Waals surface area contributed by atoms with E-state index in [-0.39, 0.29) is 6.10 Å². The molecule has 20 heavy (non-hydrogen) atoms. The van der Waals surface area contributed by atoms with E-state index in [1.165, 1.54) is 0 Å². The van der Waals surface area contributed by atoms with Crippen molar-refractivity contribution in [3.05, 3.63) is 45.9 Å². The molecule has 0 heterocycles. The van der Waals surface area contributed by atoms with Crippen molar-refractivity contribution in [1.82, 2.24) is 0 Å². The molecular weight excluding hydrogens is 340 g/mol. The SMILES string of the molecule is CC(C)Oc1cc(N)cc(Nc2cc(Br)ccc2Cl)c1. The van der Waals surface area contributed by atoms with Crippen LogP contribution in [0, 0.1) is 0 Å². The summed E-state index contributed by atoms with van der Waals surface area (Å²) >= 11 is 9.59. The van der Waals surface area contributed by atoms with Gasteiger partial charge in [0.25, 0.3) is 0 Å². The maximum Gasteiger partial charge on any atom is 0.123 e. The molecule has 0 aliphatic rings. The van der Waals surface area contributed by atoms with E-state index in [0.29, 0.717) is 10.7 Å². The molecule has 2 aromatic carbocycles. The zero-order valence-electron chi connectivity index (χ0n) is 11.3. The molecule has 3 N–H and O–H groups in total. The molecule has 0 saturated carbocycles. The monoisotopic (exact) mass is 354 g/mol. The van der Waals surface area contributed by atoms with Gasteiger partial charge in [-0.05, 0) is 38.1 Å². The number of rotatable bonds is 4. The van der Waals surface area contributed by atoms with Crippen LogP contribution in [-0.4, -0.2) is 6.10 Å². The molecule has 0 spiro atoms. The lowest BCUT2D eigenvalue weighted by molar-refractivity contribution is 0.242. The number of nitrogens with one attached hydrogen (secondary N) is 1. The van der Waals surface area contributed by atoms with Gasteiger partial charge in [0.1, 0.15) is 5.75 Å². The Labute approximate surface area is 132 Å². The van der Waals surface area contributed by atoms with Crippen LogP contribution >= 0.6 is 27.5 Å². The van der Waals surface area contributed by atoms with Gasteiger partial charge < -0.3 is 15.8 Å². The summed E-state index contributed by atoms with van der Waals surface area (Å²) in [6.07, 6.45) is 0.0964. The van der Waals surface area contributed by atoms with Gasteiger partial charge in [0.15, 0.2) is 0 Å². The van der Waals surface area contributed by atoms with Crippen LogP contribution in [0.2, 0.25) is 5.02 Å². The predicted octanol–water partition coefficient (Wildman–Crippen LogP) is 5.22. The van der Waals surface area contributed by atoms with E-state index in [1.807, 2.05) is 44.2 Å². The summed E-state index contributed by atoms with van der Waals surface area (Å²) in [6, 6.07) is 11.2. The first-order valence-corrected chi connectivity index (χ1v) is 7.40. The molecular formula is C15H16BrClN2O. The average molecular weight is 356 g/mol. The molecule has 0 fully saturated rings. The Morgan fingerprint density at radius 2 is 1.95 bits per heavy atom. The third-order valence-electron chi connectivity index (χ3n) is 2.51. The summed E-state index contributed by atoms with van der Waals surface area (Å²) in [4.78, 5) is 0. The normalized spacial score (nSPS) is 10.7. The molecule has 2 aromatic rings. The molecule has 0 amide bonds. The first-order valence-electron chi connectivity index (χ1n) is 6.23. The van der Waals surface area contributed by atoms with Gasteiger partial charge in [-0.15, -0.1) is 0 Å². The summed E-state index contributed by atoms with van der Waals surface area (Å²) in [5.41, 5.74) is 8.17. The minimum absolute atomic E-state index is 0.0964. The standard InChI is InChI=1S/C15H16BrClN2O/c1-9(2)20-13-7-11(18)6-12(8-13)19-15-5-10(16)3-4-14(15)17/h3-9,19H,18H2,1-2H3. The van der Waals surface area contributed by atoms with Crippen LogP contribution in [0.25, 0.3) is 0 Å². The maximum absolute atomic E-state index is 6.16. The number of halogens is 2. The first kappa shape index (κ1) is 15.0. The molecule has 5 heteroatoms. The third kappa shape index (κ3) is 4.05. The van der Waals surface area contributed by atoms with Crippen LogP contribution in [0.5, 0.6) is 5.75 Å². The number of hydrogen-bond donors (Lipinski definition) is 2. The van der Waals surface area contributed by atoms with E-state index in [9.17, 15) is 0 Å². The first-order chi connectivity index (χ1) is 9.44. The number of hydrogen-bond acceptors (Lipinski definition) is 3. The predicted molar refractivity (Wildman–Crippen MR) is 89.1 cm³/mol. The van der Waals surface area contributed by atoms with Gasteiger partial charge in [0, 0.05) is 28.0 Å². The lowest BCUT2D eigenvalue weighted by Gasteiger charge is -2.14.